The molecule has 1 unspecified atom stereocenters. The zero-order chi connectivity index (χ0) is 20.1. The molecule has 0 aliphatic heterocycles. The molecule has 0 bridgehead atoms. The van der Waals surface area contributed by atoms with Gasteiger partial charge in [0.2, 0.25) is 5.91 Å². The topological polar surface area (TPSA) is 83.4 Å². The van der Waals surface area contributed by atoms with E-state index in [1.807, 2.05) is 6.07 Å². The highest BCUT2D eigenvalue weighted by Gasteiger charge is 2.22. The first kappa shape index (κ1) is 19.3. The van der Waals surface area contributed by atoms with Crippen molar-refractivity contribution < 1.29 is 18.4 Å². The second kappa shape index (κ2) is 8.49. The zero-order valence-electron chi connectivity index (χ0n) is 15.5. The van der Waals surface area contributed by atoms with Crippen LogP contribution in [-0.4, -0.2) is 11.8 Å². The van der Waals surface area contributed by atoms with E-state index in [9.17, 15) is 14.0 Å². The molecule has 2 aromatic carbocycles. The Hall–Kier alpha value is -3.45. The normalized spacial score (nSPS) is 11.7. The number of aryl methyl sites for hydroxylation is 2. The smallest absolute Gasteiger partial charge is 0.268 e. The van der Waals surface area contributed by atoms with Gasteiger partial charge < -0.3 is 9.73 Å². The number of anilines is 1. The zero-order valence-corrected chi connectivity index (χ0v) is 15.5. The van der Waals surface area contributed by atoms with Crippen molar-refractivity contribution in [2.75, 3.05) is 5.32 Å². The summed E-state index contributed by atoms with van der Waals surface area (Å²) in [5, 5.41) is 2.71. The van der Waals surface area contributed by atoms with Crippen LogP contribution in [0.3, 0.4) is 0 Å². The van der Waals surface area contributed by atoms with Crippen LogP contribution >= 0.6 is 0 Å². The van der Waals surface area contributed by atoms with Gasteiger partial charge in [-0.1, -0.05) is 30.3 Å². The standard InChI is InChI=1S/C21H20FN3O3/c1-13-12-18(14(2)28-13)20(26)25-24-19(15-6-4-3-5-7-15)21(27)23-17-10-8-16(22)9-11-17/h3-12,19,24H,1-2H3,(H,23,27)(H,25,26). The second-order valence-corrected chi connectivity index (χ2v) is 6.27. The Morgan fingerprint density at radius 3 is 2.29 bits per heavy atom. The van der Waals surface area contributed by atoms with Gasteiger partial charge in [0.25, 0.3) is 5.91 Å². The van der Waals surface area contributed by atoms with Crippen LogP contribution in [0.4, 0.5) is 10.1 Å². The fraction of sp³-hybridized carbons (Fsp3) is 0.143. The number of halogens is 1. The molecule has 0 radical (unpaired) electrons. The molecule has 3 aromatic rings. The first-order valence-electron chi connectivity index (χ1n) is 8.68. The summed E-state index contributed by atoms with van der Waals surface area (Å²) >= 11 is 0. The van der Waals surface area contributed by atoms with Crippen molar-refractivity contribution in [3.63, 3.8) is 0 Å². The third-order valence-electron chi connectivity index (χ3n) is 4.12. The molecule has 3 rings (SSSR count). The second-order valence-electron chi connectivity index (χ2n) is 6.27. The molecule has 0 aliphatic carbocycles. The molecule has 0 saturated heterocycles. The van der Waals surface area contributed by atoms with Gasteiger partial charge >= 0.3 is 0 Å². The number of hydrogen-bond donors (Lipinski definition) is 3. The highest BCUT2D eigenvalue weighted by atomic mass is 19.1. The molecule has 7 heteroatoms. The van der Waals surface area contributed by atoms with E-state index in [0.29, 0.717) is 28.3 Å². The summed E-state index contributed by atoms with van der Waals surface area (Å²) in [6.45, 7) is 3.44. The molecule has 28 heavy (non-hydrogen) atoms. The van der Waals surface area contributed by atoms with Crippen LogP contribution in [0.2, 0.25) is 0 Å². The van der Waals surface area contributed by atoms with Gasteiger partial charge in [0, 0.05) is 5.69 Å². The van der Waals surface area contributed by atoms with E-state index in [-0.39, 0.29) is 0 Å². The average Bonchev–Trinajstić information content (AvgIpc) is 3.02. The number of hydrazine groups is 1. The average molecular weight is 381 g/mol. The third-order valence-corrected chi connectivity index (χ3v) is 4.12. The van der Waals surface area contributed by atoms with Crippen LogP contribution in [0, 0.1) is 19.7 Å². The lowest BCUT2D eigenvalue weighted by Crippen LogP contribution is -2.44. The molecule has 6 nitrogen and oxygen atoms in total. The predicted molar refractivity (Wildman–Crippen MR) is 103 cm³/mol. The number of amides is 2. The first-order chi connectivity index (χ1) is 13.4. The van der Waals surface area contributed by atoms with Gasteiger partial charge in [-0.05, 0) is 49.7 Å². The summed E-state index contributed by atoms with van der Waals surface area (Å²) in [5.74, 6) is -0.100. The molecule has 2 amide bonds. The Kier molecular flexibility index (Phi) is 5.86. The summed E-state index contributed by atoms with van der Waals surface area (Å²) in [7, 11) is 0. The lowest BCUT2D eigenvalue weighted by Gasteiger charge is -2.19. The SMILES string of the molecule is Cc1cc(C(=O)NNC(C(=O)Nc2ccc(F)cc2)c2ccccc2)c(C)o1. The quantitative estimate of drug-likeness (QED) is 0.569. The lowest BCUT2D eigenvalue weighted by atomic mass is 10.1. The highest BCUT2D eigenvalue weighted by Crippen LogP contribution is 2.17. The minimum absolute atomic E-state index is 0.385. The molecule has 1 atom stereocenters. The fourth-order valence-corrected chi connectivity index (χ4v) is 2.75. The van der Waals surface area contributed by atoms with Gasteiger partial charge in [0.1, 0.15) is 23.4 Å². The number of carbonyl (C=O) groups is 2. The van der Waals surface area contributed by atoms with E-state index in [0.717, 1.165) is 0 Å². The molecular formula is C21H20FN3O3. The summed E-state index contributed by atoms with van der Waals surface area (Å²) in [4.78, 5) is 25.2. The van der Waals surface area contributed by atoms with Crippen molar-refractivity contribution in [2.24, 2.45) is 0 Å². The summed E-state index contributed by atoms with van der Waals surface area (Å²) in [6.07, 6.45) is 0. The minimum Gasteiger partial charge on any atom is -0.466 e. The number of rotatable bonds is 6. The maximum absolute atomic E-state index is 13.1. The van der Waals surface area contributed by atoms with Crippen molar-refractivity contribution in [3.8, 4) is 0 Å². The number of furan rings is 1. The van der Waals surface area contributed by atoms with Crippen molar-refractivity contribution in [1.29, 1.82) is 0 Å². The van der Waals surface area contributed by atoms with Gasteiger partial charge in [-0.25, -0.2) is 9.82 Å². The molecule has 144 valence electrons. The van der Waals surface area contributed by atoms with Crippen LogP contribution < -0.4 is 16.2 Å². The van der Waals surface area contributed by atoms with E-state index in [4.69, 9.17) is 4.42 Å². The first-order valence-corrected chi connectivity index (χ1v) is 8.68. The Morgan fingerprint density at radius 1 is 1.00 bits per heavy atom. The number of hydrogen-bond acceptors (Lipinski definition) is 4. The monoisotopic (exact) mass is 381 g/mol. The maximum atomic E-state index is 13.1. The van der Waals surface area contributed by atoms with Crippen LogP contribution in [0.5, 0.6) is 0 Å². The summed E-state index contributed by atoms with van der Waals surface area (Å²) < 4.78 is 18.4. The van der Waals surface area contributed by atoms with Crippen LogP contribution in [-0.2, 0) is 4.79 Å². The molecule has 3 N–H and O–H groups in total. The minimum atomic E-state index is -0.858. The van der Waals surface area contributed by atoms with Crippen molar-refractivity contribution in [3.05, 3.63) is 89.1 Å². The van der Waals surface area contributed by atoms with Crippen LogP contribution in [0.25, 0.3) is 0 Å². The summed E-state index contributed by atoms with van der Waals surface area (Å²) in [5.41, 5.74) is 6.82. The predicted octanol–water partition coefficient (Wildman–Crippen LogP) is 3.65. The Labute approximate surface area is 161 Å². The number of benzene rings is 2. The number of nitrogens with one attached hydrogen (secondary N) is 3. The molecule has 1 heterocycles. The highest BCUT2D eigenvalue weighted by molar-refractivity contribution is 5.97. The Morgan fingerprint density at radius 2 is 1.68 bits per heavy atom. The Balaban J connectivity index is 1.75. The Bertz CT molecular complexity index is 968. The summed E-state index contributed by atoms with van der Waals surface area (Å²) in [6, 6.07) is 15.2. The molecule has 0 fully saturated rings. The van der Waals surface area contributed by atoms with Crippen LogP contribution in [0.1, 0.15) is 33.5 Å². The maximum Gasteiger partial charge on any atom is 0.268 e. The van der Waals surface area contributed by atoms with Gasteiger partial charge in [-0.3, -0.25) is 15.0 Å². The van der Waals surface area contributed by atoms with E-state index < -0.39 is 23.7 Å². The van der Waals surface area contributed by atoms with E-state index >= 15 is 0 Å². The molecule has 0 saturated carbocycles. The van der Waals surface area contributed by atoms with E-state index in [1.54, 1.807) is 44.2 Å². The van der Waals surface area contributed by atoms with Gasteiger partial charge in [-0.2, -0.15) is 0 Å². The van der Waals surface area contributed by atoms with Crippen molar-refractivity contribution in [2.45, 2.75) is 19.9 Å². The largest absolute Gasteiger partial charge is 0.466 e. The van der Waals surface area contributed by atoms with E-state index in [1.165, 1.54) is 24.3 Å². The van der Waals surface area contributed by atoms with Gasteiger partial charge in [0.15, 0.2) is 0 Å². The molecule has 0 aliphatic rings. The molecular weight excluding hydrogens is 361 g/mol. The van der Waals surface area contributed by atoms with Crippen LogP contribution in [0.15, 0.2) is 65.1 Å². The van der Waals surface area contributed by atoms with Crippen molar-refractivity contribution in [1.82, 2.24) is 10.9 Å². The van der Waals surface area contributed by atoms with Gasteiger partial charge in [0.05, 0.1) is 5.56 Å². The van der Waals surface area contributed by atoms with Crippen molar-refractivity contribution >= 4 is 17.5 Å². The molecule has 1 aromatic heterocycles. The lowest BCUT2D eigenvalue weighted by molar-refractivity contribution is -0.118. The number of carbonyl (C=O) groups excluding carboxylic acids is 2. The van der Waals surface area contributed by atoms with E-state index in [2.05, 4.69) is 16.2 Å². The van der Waals surface area contributed by atoms with Gasteiger partial charge in [-0.15, -0.1) is 0 Å². The molecule has 0 spiro atoms. The fourth-order valence-electron chi connectivity index (χ4n) is 2.75. The third kappa shape index (κ3) is 4.63.